The quantitative estimate of drug-likeness (QED) is 0.649. The summed E-state index contributed by atoms with van der Waals surface area (Å²) in [4.78, 5) is 11.2. The Labute approximate surface area is 131 Å². The smallest absolute Gasteiger partial charge is 0.249 e. The second-order valence-corrected chi connectivity index (χ2v) is 5.49. The number of nitrogens with two attached hydrogens (primary N) is 1. The molecule has 2 atom stereocenters. The van der Waals surface area contributed by atoms with E-state index in [1.807, 2.05) is 24.3 Å². The van der Waals surface area contributed by atoms with Crippen LogP contribution in [0.15, 0.2) is 48.5 Å². The summed E-state index contributed by atoms with van der Waals surface area (Å²) >= 11 is 6.46. The third-order valence-electron chi connectivity index (χ3n) is 3.79. The van der Waals surface area contributed by atoms with Gasteiger partial charge in [0.2, 0.25) is 5.91 Å². The molecule has 0 spiro atoms. The molecule has 3 rings (SSSR count). The van der Waals surface area contributed by atoms with Gasteiger partial charge in [-0.05, 0) is 16.3 Å². The van der Waals surface area contributed by atoms with E-state index >= 15 is 0 Å². The van der Waals surface area contributed by atoms with Crippen LogP contribution >= 0.6 is 11.6 Å². The molecule has 5 heteroatoms. The van der Waals surface area contributed by atoms with Crippen molar-refractivity contribution >= 4 is 39.1 Å². The zero-order valence-electron chi connectivity index (χ0n) is 11.5. The van der Waals surface area contributed by atoms with Crippen LogP contribution in [0, 0.1) is 0 Å². The van der Waals surface area contributed by atoms with Gasteiger partial charge >= 0.3 is 0 Å². The van der Waals surface area contributed by atoms with Gasteiger partial charge in [-0.3, -0.25) is 4.79 Å². The molecule has 2 unspecified atom stereocenters. The molecule has 0 aromatic heterocycles. The number of fused-ring (bicyclic) bond motifs is 2. The lowest BCUT2D eigenvalue weighted by atomic mass is 9.91. The number of primary amides is 1. The minimum absolute atomic E-state index is 0.446. The molecule has 0 heterocycles. The summed E-state index contributed by atoms with van der Waals surface area (Å²) in [6, 6.07) is 14.5. The minimum atomic E-state index is -1.69. The van der Waals surface area contributed by atoms with Gasteiger partial charge in [0.15, 0.2) is 6.10 Å². The molecular weight excluding hydrogens is 302 g/mol. The molecule has 22 heavy (non-hydrogen) atoms. The van der Waals surface area contributed by atoms with Gasteiger partial charge in [0.25, 0.3) is 0 Å². The van der Waals surface area contributed by atoms with Gasteiger partial charge < -0.3 is 15.9 Å². The highest BCUT2D eigenvalue weighted by atomic mass is 35.5. The monoisotopic (exact) mass is 315 g/mol. The van der Waals surface area contributed by atoms with Gasteiger partial charge in [-0.15, -0.1) is 0 Å². The lowest BCUT2D eigenvalue weighted by molar-refractivity contribution is -0.131. The molecule has 0 fully saturated rings. The third kappa shape index (κ3) is 2.22. The number of carbonyl (C=O) groups excluding carboxylic acids is 1. The van der Waals surface area contributed by atoms with Gasteiger partial charge in [-0.2, -0.15) is 0 Å². The summed E-state index contributed by atoms with van der Waals surface area (Å²) in [7, 11) is 0. The summed E-state index contributed by atoms with van der Waals surface area (Å²) in [5.41, 5.74) is 5.56. The average Bonchev–Trinajstić information content (AvgIpc) is 2.54. The molecule has 0 aliphatic carbocycles. The van der Waals surface area contributed by atoms with Crippen LogP contribution in [0.1, 0.15) is 11.7 Å². The molecule has 1 amide bonds. The Balaban J connectivity index is 2.44. The van der Waals surface area contributed by atoms with Crippen molar-refractivity contribution in [3.8, 4) is 0 Å². The van der Waals surface area contributed by atoms with Crippen LogP contribution < -0.4 is 5.73 Å². The van der Waals surface area contributed by atoms with Gasteiger partial charge in [-0.25, -0.2) is 0 Å². The molecule has 3 aromatic carbocycles. The van der Waals surface area contributed by atoms with Crippen molar-refractivity contribution in [2.45, 2.75) is 12.2 Å². The minimum Gasteiger partial charge on any atom is -0.385 e. The number of hydrogen-bond donors (Lipinski definition) is 3. The number of carbonyl (C=O) groups is 1. The summed E-state index contributed by atoms with van der Waals surface area (Å²) in [6.45, 7) is 0. The third-order valence-corrected chi connectivity index (χ3v) is 4.20. The zero-order valence-corrected chi connectivity index (χ0v) is 12.3. The van der Waals surface area contributed by atoms with E-state index in [1.54, 1.807) is 24.3 Å². The summed E-state index contributed by atoms with van der Waals surface area (Å²) in [6.07, 6.45) is -3.11. The highest BCUT2D eigenvalue weighted by molar-refractivity contribution is 6.41. The van der Waals surface area contributed by atoms with Gasteiger partial charge in [0, 0.05) is 10.8 Å². The maximum absolute atomic E-state index is 11.2. The van der Waals surface area contributed by atoms with Crippen molar-refractivity contribution in [2.24, 2.45) is 5.73 Å². The van der Waals surface area contributed by atoms with E-state index in [1.165, 1.54) is 0 Å². The van der Waals surface area contributed by atoms with Gasteiger partial charge in [0.05, 0.1) is 5.02 Å². The number of hydrogen-bond acceptors (Lipinski definition) is 3. The Morgan fingerprint density at radius 3 is 1.73 bits per heavy atom. The fourth-order valence-corrected chi connectivity index (χ4v) is 3.07. The lowest BCUT2D eigenvalue weighted by Gasteiger charge is -2.20. The first-order chi connectivity index (χ1) is 10.5. The lowest BCUT2D eigenvalue weighted by Crippen LogP contribution is -2.34. The number of aliphatic hydroxyl groups excluding tert-OH is 2. The molecule has 0 radical (unpaired) electrons. The highest BCUT2D eigenvalue weighted by Crippen LogP contribution is 2.39. The van der Waals surface area contributed by atoms with E-state index in [9.17, 15) is 15.0 Å². The van der Waals surface area contributed by atoms with E-state index < -0.39 is 18.1 Å². The van der Waals surface area contributed by atoms with Gasteiger partial charge in [-0.1, -0.05) is 60.1 Å². The van der Waals surface area contributed by atoms with Crippen molar-refractivity contribution in [3.05, 3.63) is 59.1 Å². The van der Waals surface area contributed by atoms with Crippen LogP contribution in [-0.4, -0.2) is 22.2 Å². The molecule has 3 aromatic rings. The van der Waals surface area contributed by atoms with Crippen LogP contribution in [0.25, 0.3) is 21.5 Å². The molecule has 0 bridgehead atoms. The zero-order chi connectivity index (χ0) is 15.9. The van der Waals surface area contributed by atoms with E-state index in [2.05, 4.69) is 0 Å². The Hall–Kier alpha value is -2.14. The number of halogens is 1. The average molecular weight is 316 g/mol. The summed E-state index contributed by atoms with van der Waals surface area (Å²) in [5.74, 6) is -0.976. The molecule has 0 saturated carbocycles. The molecule has 112 valence electrons. The van der Waals surface area contributed by atoms with Crippen LogP contribution in [0.5, 0.6) is 0 Å². The van der Waals surface area contributed by atoms with Crippen LogP contribution in [0.4, 0.5) is 0 Å². The Morgan fingerprint density at radius 2 is 1.32 bits per heavy atom. The van der Waals surface area contributed by atoms with Crippen molar-refractivity contribution < 1.29 is 15.0 Å². The Kier molecular flexibility index (Phi) is 3.74. The molecule has 0 aliphatic heterocycles. The maximum Gasteiger partial charge on any atom is 0.249 e. The first-order valence-electron chi connectivity index (χ1n) is 6.76. The fraction of sp³-hybridized carbons (Fsp3) is 0.118. The topological polar surface area (TPSA) is 83.6 Å². The van der Waals surface area contributed by atoms with Crippen molar-refractivity contribution in [3.63, 3.8) is 0 Å². The second kappa shape index (κ2) is 5.57. The predicted octanol–water partition coefficient (Wildman–Crippen LogP) is 2.53. The second-order valence-electron chi connectivity index (χ2n) is 5.11. The van der Waals surface area contributed by atoms with Crippen LogP contribution in [0.3, 0.4) is 0 Å². The molecule has 0 aliphatic rings. The van der Waals surface area contributed by atoms with Crippen molar-refractivity contribution in [1.29, 1.82) is 0 Å². The Morgan fingerprint density at radius 1 is 0.909 bits per heavy atom. The van der Waals surface area contributed by atoms with E-state index in [0.29, 0.717) is 21.4 Å². The summed E-state index contributed by atoms with van der Waals surface area (Å²) in [5, 5.41) is 23.7. The fourth-order valence-electron chi connectivity index (χ4n) is 2.74. The van der Waals surface area contributed by atoms with Gasteiger partial charge in [0.1, 0.15) is 6.10 Å². The maximum atomic E-state index is 11.2. The molecule has 0 saturated heterocycles. The van der Waals surface area contributed by atoms with Crippen molar-refractivity contribution in [2.75, 3.05) is 0 Å². The largest absolute Gasteiger partial charge is 0.385 e. The highest BCUT2D eigenvalue weighted by Gasteiger charge is 2.27. The predicted molar refractivity (Wildman–Crippen MR) is 86.6 cm³/mol. The molecular formula is C17H14ClNO3. The van der Waals surface area contributed by atoms with E-state index in [0.717, 1.165) is 10.8 Å². The first kappa shape index (κ1) is 14.8. The number of aliphatic hydroxyl groups is 2. The molecule has 4 N–H and O–H groups in total. The van der Waals surface area contributed by atoms with E-state index in [4.69, 9.17) is 17.3 Å². The molecule has 4 nitrogen and oxygen atoms in total. The van der Waals surface area contributed by atoms with Crippen molar-refractivity contribution in [1.82, 2.24) is 0 Å². The number of amides is 1. The first-order valence-corrected chi connectivity index (χ1v) is 7.14. The SMILES string of the molecule is NC(=O)C(O)C(O)c1c2ccccc2c(Cl)c2ccccc12. The normalized spacial score (nSPS) is 14.1. The van der Waals surface area contributed by atoms with E-state index in [-0.39, 0.29) is 0 Å². The Bertz CT molecular complexity index is 821. The van der Waals surface area contributed by atoms with Crippen LogP contribution in [-0.2, 0) is 4.79 Å². The number of benzene rings is 3. The van der Waals surface area contributed by atoms with Crippen LogP contribution in [0.2, 0.25) is 5.02 Å². The standard InChI is InChI=1S/C17H14ClNO3/c18-14-11-7-3-1-5-9(11)13(15(20)16(21)17(19)22)10-6-2-4-8-12(10)14/h1-8,15-16,20-21H,(H2,19,22). The summed E-state index contributed by atoms with van der Waals surface area (Å²) < 4.78 is 0. The number of rotatable bonds is 3.